The van der Waals surface area contributed by atoms with Crippen LogP contribution in [0.25, 0.3) is 0 Å². The Hall–Kier alpha value is -0.400. The van der Waals surface area contributed by atoms with Crippen LogP contribution in [-0.4, -0.2) is 29.1 Å². The Kier molecular flexibility index (Phi) is 6.36. The summed E-state index contributed by atoms with van der Waals surface area (Å²) in [5, 5.41) is -0.252. The zero-order valence-corrected chi connectivity index (χ0v) is 9.81. The Balaban J connectivity index is 3.91. The molecule has 17 heavy (non-hydrogen) atoms. The van der Waals surface area contributed by atoms with Crippen LogP contribution in [0.15, 0.2) is 0 Å². The van der Waals surface area contributed by atoms with Crippen LogP contribution in [0.5, 0.6) is 0 Å². The number of halogens is 6. The molecule has 0 N–H and O–H groups in total. The highest BCUT2D eigenvalue weighted by Gasteiger charge is 2.56. The maximum Gasteiger partial charge on any atom is 0.453 e. The normalized spacial score (nSPS) is 14.8. The lowest BCUT2D eigenvalue weighted by molar-refractivity contribution is -0.285. The van der Waals surface area contributed by atoms with Gasteiger partial charge in [0.15, 0.2) is 5.12 Å². The summed E-state index contributed by atoms with van der Waals surface area (Å²) in [6, 6.07) is 0. The fraction of sp³-hybridized carbons (Fsp3) is 0.889. The number of hydrogen-bond donors (Lipinski definition) is 0. The summed E-state index contributed by atoms with van der Waals surface area (Å²) < 4.78 is 72.9. The van der Waals surface area contributed by atoms with Gasteiger partial charge in [-0.05, 0) is 12.8 Å². The fourth-order valence-corrected chi connectivity index (χ4v) is 1.62. The van der Waals surface area contributed by atoms with Crippen LogP contribution in [0.1, 0.15) is 26.2 Å². The van der Waals surface area contributed by atoms with Gasteiger partial charge in [0.25, 0.3) is 0 Å². The summed E-state index contributed by atoms with van der Waals surface area (Å²) in [6.07, 6.45) is -10.0. The van der Waals surface area contributed by atoms with Gasteiger partial charge in [-0.1, -0.05) is 11.8 Å². The van der Waals surface area contributed by atoms with Gasteiger partial charge in [0.05, 0.1) is 0 Å². The lowest BCUT2D eigenvalue weighted by Gasteiger charge is -2.20. The lowest BCUT2D eigenvalue weighted by atomic mass is 10.1. The summed E-state index contributed by atoms with van der Waals surface area (Å²) in [5.41, 5.74) is 0. The highest BCUT2D eigenvalue weighted by atomic mass is 32.2. The number of rotatable bonds is 6. The number of carbonyl (C=O) groups excluding carboxylic acids is 1. The fourth-order valence-electron chi connectivity index (χ4n) is 0.954. The second-order valence-electron chi connectivity index (χ2n) is 3.47. The molecule has 0 bridgehead atoms. The Morgan fingerprint density at radius 2 is 1.71 bits per heavy atom. The largest absolute Gasteiger partial charge is 0.453 e. The first-order valence-corrected chi connectivity index (χ1v) is 5.77. The first-order valence-electron chi connectivity index (χ1n) is 4.78. The van der Waals surface area contributed by atoms with Crippen molar-refractivity contribution in [3.05, 3.63) is 0 Å². The van der Waals surface area contributed by atoms with Crippen molar-refractivity contribution in [3.63, 3.8) is 0 Å². The van der Waals surface area contributed by atoms with Crippen molar-refractivity contribution in [2.75, 3.05) is 5.75 Å². The Morgan fingerprint density at radius 3 is 2.12 bits per heavy atom. The molecule has 0 aliphatic carbocycles. The average molecular weight is 282 g/mol. The summed E-state index contributed by atoms with van der Waals surface area (Å²) in [5.74, 6) is -4.78. The van der Waals surface area contributed by atoms with E-state index in [1.165, 1.54) is 6.92 Å². The highest BCUT2D eigenvalue weighted by molar-refractivity contribution is 8.13. The first-order chi connectivity index (χ1) is 7.56. The van der Waals surface area contributed by atoms with Crippen LogP contribution in [0.3, 0.4) is 0 Å². The topological polar surface area (TPSA) is 17.1 Å². The van der Waals surface area contributed by atoms with Gasteiger partial charge in [-0.3, -0.25) is 4.79 Å². The highest BCUT2D eigenvalue weighted by Crippen LogP contribution is 2.39. The molecular formula is C9H12F6OS. The molecule has 0 saturated heterocycles. The smallest absolute Gasteiger partial charge is 0.288 e. The molecule has 1 unspecified atom stereocenters. The van der Waals surface area contributed by atoms with Gasteiger partial charge in [0.1, 0.15) is 6.17 Å². The van der Waals surface area contributed by atoms with Gasteiger partial charge in [-0.25, -0.2) is 4.39 Å². The molecule has 0 aliphatic rings. The molecule has 0 aromatic carbocycles. The lowest BCUT2D eigenvalue weighted by Crippen LogP contribution is -2.36. The number of hydrogen-bond acceptors (Lipinski definition) is 2. The molecule has 0 amide bonds. The minimum atomic E-state index is -5.64. The third-order valence-electron chi connectivity index (χ3n) is 1.92. The van der Waals surface area contributed by atoms with Crippen LogP contribution in [0.2, 0.25) is 0 Å². The van der Waals surface area contributed by atoms with E-state index in [2.05, 4.69) is 0 Å². The number of alkyl halides is 6. The predicted octanol–water partition coefficient (Wildman–Crippen LogP) is 3.97. The number of thioether (sulfide) groups is 1. The molecule has 0 aromatic rings. The van der Waals surface area contributed by atoms with Gasteiger partial charge in [-0.15, -0.1) is 0 Å². The molecule has 1 atom stereocenters. The van der Waals surface area contributed by atoms with Gasteiger partial charge in [0, 0.05) is 19.1 Å². The van der Waals surface area contributed by atoms with Crippen molar-refractivity contribution in [1.29, 1.82) is 0 Å². The van der Waals surface area contributed by atoms with Crippen molar-refractivity contribution < 1.29 is 31.1 Å². The minimum Gasteiger partial charge on any atom is -0.288 e. The van der Waals surface area contributed by atoms with Gasteiger partial charge < -0.3 is 0 Å². The molecule has 1 nitrogen and oxygen atoms in total. The summed E-state index contributed by atoms with van der Waals surface area (Å²) >= 11 is 0.810. The van der Waals surface area contributed by atoms with E-state index in [4.69, 9.17) is 0 Å². The summed E-state index contributed by atoms with van der Waals surface area (Å²) in [7, 11) is 0. The van der Waals surface area contributed by atoms with Crippen molar-refractivity contribution in [2.45, 2.75) is 44.5 Å². The zero-order chi connectivity index (χ0) is 13.7. The zero-order valence-electron chi connectivity index (χ0n) is 8.99. The van der Waals surface area contributed by atoms with Crippen molar-refractivity contribution >= 4 is 16.9 Å². The van der Waals surface area contributed by atoms with Crippen molar-refractivity contribution in [1.82, 2.24) is 0 Å². The Morgan fingerprint density at radius 1 is 1.18 bits per heavy atom. The van der Waals surface area contributed by atoms with E-state index < -0.39 is 31.1 Å². The summed E-state index contributed by atoms with van der Waals surface area (Å²) in [4.78, 5) is 10.4. The second kappa shape index (κ2) is 6.51. The van der Waals surface area contributed by atoms with Crippen LogP contribution in [0, 0.1) is 0 Å². The van der Waals surface area contributed by atoms with Gasteiger partial charge >= 0.3 is 12.1 Å². The molecule has 8 heteroatoms. The van der Waals surface area contributed by atoms with E-state index in [-0.39, 0.29) is 17.3 Å². The molecule has 0 heterocycles. The molecule has 0 saturated carbocycles. The van der Waals surface area contributed by atoms with E-state index >= 15 is 0 Å². The van der Waals surface area contributed by atoms with Crippen molar-refractivity contribution in [3.8, 4) is 0 Å². The third kappa shape index (κ3) is 6.80. The van der Waals surface area contributed by atoms with Gasteiger partial charge in [0.2, 0.25) is 0 Å². The van der Waals surface area contributed by atoms with E-state index in [0.717, 1.165) is 11.8 Å². The second-order valence-corrected chi connectivity index (χ2v) is 4.74. The third-order valence-corrected chi connectivity index (χ3v) is 2.77. The van der Waals surface area contributed by atoms with E-state index in [9.17, 15) is 31.1 Å². The molecule has 0 radical (unpaired) electrons. The molecule has 102 valence electrons. The van der Waals surface area contributed by atoms with E-state index in [0.29, 0.717) is 0 Å². The van der Waals surface area contributed by atoms with E-state index in [1.54, 1.807) is 0 Å². The Bertz CT molecular complexity index is 252. The minimum absolute atomic E-state index is 0.0775. The maximum atomic E-state index is 12.9. The molecule has 0 aromatic heterocycles. The molecule has 0 fully saturated rings. The average Bonchev–Trinajstić information content (AvgIpc) is 2.12. The molecule has 0 aliphatic heterocycles. The quantitative estimate of drug-likeness (QED) is 0.686. The first kappa shape index (κ1) is 16.6. The van der Waals surface area contributed by atoms with Gasteiger partial charge in [-0.2, -0.15) is 22.0 Å². The van der Waals surface area contributed by atoms with Crippen molar-refractivity contribution in [2.24, 2.45) is 0 Å². The predicted molar refractivity (Wildman–Crippen MR) is 52.9 cm³/mol. The van der Waals surface area contributed by atoms with Crippen LogP contribution in [0.4, 0.5) is 26.3 Å². The monoisotopic (exact) mass is 282 g/mol. The standard InChI is InChI=1S/C9H12F6OS/c1-6(16)17-5-3-7(10)2-4-8(11,12)9(13,14)15/h7H,2-5H2,1H3. The Labute approximate surface area is 98.9 Å². The van der Waals surface area contributed by atoms with Crippen LogP contribution in [-0.2, 0) is 4.79 Å². The van der Waals surface area contributed by atoms with Crippen LogP contribution < -0.4 is 0 Å². The molecular weight excluding hydrogens is 270 g/mol. The number of carbonyl (C=O) groups is 1. The maximum absolute atomic E-state index is 12.9. The molecule has 0 rings (SSSR count). The molecule has 0 spiro atoms. The SMILES string of the molecule is CC(=O)SCCC(F)CCC(F)(F)C(F)(F)F. The van der Waals surface area contributed by atoms with E-state index in [1.807, 2.05) is 0 Å². The van der Waals surface area contributed by atoms with Crippen LogP contribution >= 0.6 is 11.8 Å². The summed E-state index contributed by atoms with van der Waals surface area (Å²) in [6.45, 7) is 1.26.